The Labute approximate surface area is 226 Å². The molecular formula is C28H36F4N2O5. The van der Waals surface area contributed by atoms with E-state index in [2.05, 4.69) is 10.1 Å². The highest BCUT2D eigenvalue weighted by molar-refractivity contribution is 5.96. The van der Waals surface area contributed by atoms with Gasteiger partial charge in [0.1, 0.15) is 11.6 Å². The third-order valence-electron chi connectivity index (χ3n) is 5.63. The first-order valence-electron chi connectivity index (χ1n) is 12.6. The van der Waals surface area contributed by atoms with Crippen molar-refractivity contribution in [2.45, 2.75) is 52.8 Å². The molecule has 0 fully saturated rings. The second kappa shape index (κ2) is 14.2. The number of aliphatic carboxylic acids is 1. The van der Waals surface area contributed by atoms with E-state index < -0.39 is 35.7 Å². The van der Waals surface area contributed by atoms with E-state index in [4.69, 9.17) is 4.74 Å². The van der Waals surface area contributed by atoms with Gasteiger partial charge in [-0.3, -0.25) is 9.59 Å². The molecule has 1 unspecified atom stereocenters. The number of anilines is 2. The molecule has 0 saturated heterocycles. The number of benzene rings is 2. The molecule has 0 aliphatic rings. The first-order chi connectivity index (χ1) is 18.2. The van der Waals surface area contributed by atoms with Gasteiger partial charge in [-0.1, -0.05) is 39.8 Å². The summed E-state index contributed by atoms with van der Waals surface area (Å²) in [6, 6.07) is 7.74. The number of methoxy groups -OCH3 is 1. The summed E-state index contributed by atoms with van der Waals surface area (Å²) < 4.78 is 62.1. The van der Waals surface area contributed by atoms with E-state index in [1.165, 1.54) is 25.3 Å². The highest BCUT2D eigenvalue weighted by Crippen LogP contribution is 2.36. The van der Waals surface area contributed by atoms with Crippen LogP contribution in [0, 0.1) is 17.7 Å². The van der Waals surface area contributed by atoms with Gasteiger partial charge in [-0.15, -0.1) is 13.2 Å². The average Bonchev–Trinajstić information content (AvgIpc) is 2.77. The van der Waals surface area contributed by atoms with Crippen LogP contribution in [0.25, 0.3) is 0 Å². The number of hydrogen-bond donors (Lipinski definition) is 2. The van der Waals surface area contributed by atoms with Crippen molar-refractivity contribution in [3.05, 3.63) is 53.3 Å². The molecule has 0 heterocycles. The monoisotopic (exact) mass is 556 g/mol. The maximum absolute atomic E-state index is 15.8. The van der Waals surface area contributed by atoms with Crippen LogP contribution in [-0.2, 0) is 20.7 Å². The van der Waals surface area contributed by atoms with Crippen LogP contribution in [0.5, 0.6) is 5.75 Å². The van der Waals surface area contributed by atoms with Crippen LogP contribution < -0.4 is 15.0 Å². The third-order valence-corrected chi connectivity index (χ3v) is 5.63. The van der Waals surface area contributed by atoms with E-state index in [0.717, 1.165) is 12.1 Å². The number of alkyl halides is 3. The van der Waals surface area contributed by atoms with Gasteiger partial charge in [-0.05, 0) is 47.2 Å². The Balaban J connectivity index is 2.45. The highest BCUT2D eigenvalue weighted by atomic mass is 19.4. The van der Waals surface area contributed by atoms with Crippen molar-refractivity contribution in [2.24, 2.45) is 11.8 Å². The lowest BCUT2D eigenvalue weighted by molar-refractivity contribution is -0.274. The molecule has 0 saturated carbocycles. The van der Waals surface area contributed by atoms with Crippen molar-refractivity contribution in [2.75, 3.05) is 37.0 Å². The Hall–Kier alpha value is -3.34. The number of rotatable bonds is 14. The lowest BCUT2D eigenvalue weighted by Crippen LogP contribution is -2.33. The van der Waals surface area contributed by atoms with Crippen LogP contribution in [0.2, 0.25) is 0 Å². The molecule has 2 aromatic rings. The van der Waals surface area contributed by atoms with Gasteiger partial charge in [0.25, 0.3) is 0 Å². The van der Waals surface area contributed by atoms with Gasteiger partial charge >= 0.3 is 12.3 Å². The number of carbonyl (C=O) groups excluding carboxylic acids is 1. The molecule has 1 atom stereocenters. The van der Waals surface area contributed by atoms with Gasteiger partial charge < -0.3 is 24.8 Å². The third kappa shape index (κ3) is 10.7. The van der Waals surface area contributed by atoms with E-state index in [-0.39, 0.29) is 42.7 Å². The fourth-order valence-corrected chi connectivity index (χ4v) is 4.28. The standard InChI is InChI=1S/C28H36F4N2O5/c1-17(2)14-34(15-18(3)4)27-23(29)11-20(21(16-38-5)13-26(36)37)12-24(27)33-25(35)10-19-6-8-22(9-7-19)39-28(30,31)32/h6-9,11-12,17-18,21H,10,13-16H2,1-5H3,(H,33,35)(H,36,37). The summed E-state index contributed by atoms with van der Waals surface area (Å²) >= 11 is 0. The van der Waals surface area contributed by atoms with Crippen molar-refractivity contribution in [1.29, 1.82) is 0 Å². The average molecular weight is 557 g/mol. The van der Waals surface area contributed by atoms with Crippen LogP contribution in [0.3, 0.4) is 0 Å². The van der Waals surface area contributed by atoms with E-state index >= 15 is 4.39 Å². The van der Waals surface area contributed by atoms with Crippen LogP contribution in [0.1, 0.15) is 51.2 Å². The molecular weight excluding hydrogens is 520 g/mol. The predicted octanol–water partition coefficient (Wildman–Crippen LogP) is 6.23. The van der Waals surface area contributed by atoms with Crippen LogP contribution in [0.15, 0.2) is 36.4 Å². The Bertz CT molecular complexity index is 1090. The number of hydrogen-bond acceptors (Lipinski definition) is 5. The van der Waals surface area contributed by atoms with Crippen LogP contribution in [0.4, 0.5) is 28.9 Å². The normalized spacial score (nSPS) is 12.5. The van der Waals surface area contributed by atoms with Crippen molar-refractivity contribution >= 4 is 23.3 Å². The molecule has 7 nitrogen and oxygen atoms in total. The van der Waals surface area contributed by atoms with Gasteiger partial charge in [0, 0.05) is 26.1 Å². The molecule has 0 spiro atoms. The van der Waals surface area contributed by atoms with E-state index in [9.17, 15) is 27.9 Å². The second-order valence-corrected chi connectivity index (χ2v) is 10.3. The minimum absolute atomic E-state index is 0.0342. The number of nitrogens with one attached hydrogen (secondary N) is 1. The largest absolute Gasteiger partial charge is 0.573 e. The summed E-state index contributed by atoms with van der Waals surface area (Å²) in [5.74, 6) is -2.92. The summed E-state index contributed by atoms with van der Waals surface area (Å²) in [7, 11) is 1.42. The summed E-state index contributed by atoms with van der Waals surface area (Å²) in [6.45, 7) is 9.02. The lowest BCUT2D eigenvalue weighted by atomic mass is 9.94. The molecule has 2 N–H and O–H groups in total. The molecule has 2 rings (SSSR count). The first-order valence-corrected chi connectivity index (χ1v) is 12.6. The zero-order valence-corrected chi connectivity index (χ0v) is 22.8. The summed E-state index contributed by atoms with van der Waals surface area (Å²) in [5, 5.41) is 12.1. The summed E-state index contributed by atoms with van der Waals surface area (Å²) in [4.78, 5) is 26.3. The number of carboxylic acid groups (broad SMARTS) is 1. The second-order valence-electron chi connectivity index (χ2n) is 10.3. The Kier molecular flexibility index (Phi) is 11.6. The fraction of sp³-hybridized carbons (Fsp3) is 0.500. The number of halogens is 4. The highest BCUT2D eigenvalue weighted by Gasteiger charge is 2.31. The summed E-state index contributed by atoms with van der Waals surface area (Å²) in [5.41, 5.74) is 1.15. The topological polar surface area (TPSA) is 88.1 Å². The smallest absolute Gasteiger partial charge is 0.481 e. The molecule has 0 aromatic heterocycles. The molecule has 39 heavy (non-hydrogen) atoms. The molecule has 0 aliphatic carbocycles. The van der Waals surface area contributed by atoms with Crippen LogP contribution in [-0.4, -0.2) is 50.2 Å². The maximum atomic E-state index is 15.8. The predicted molar refractivity (Wildman–Crippen MR) is 141 cm³/mol. The molecule has 11 heteroatoms. The zero-order valence-electron chi connectivity index (χ0n) is 22.8. The van der Waals surface area contributed by atoms with E-state index in [1.54, 1.807) is 6.07 Å². The molecule has 0 aliphatic heterocycles. The molecule has 0 radical (unpaired) electrons. The number of amides is 1. The molecule has 1 amide bonds. The Morgan fingerprint density at radius 3 is 2.10 bits per heavy atom. The molecule has 2 aromatic carbocycles. The van der Waals surface area contributed by atoms with E-state index in [1.807, 2.05) is 32.6 Å². The quantitative estimate of drug-likeness (QED) is 0.268. The van der Waals surface area contributed by atoms with Gasteiger partial charge in [0.2, 0.25) is 5.91 Å². The first kappa shape index (κ1) is 31.9. The minimum Gasteiger partial charge on any atom is -0.481 e. The van der Waals surface area contributed by atoms with Gasteiger partial charge in [0.15, 0.2) is 0 Å². The minimum atomic E-state index is -4.83. The fourth-order valence-electron chi connectivity index (χ4n) is 4.28. The summed E-state index contributed by atoms with van der Waals surface area (Å²) in [6.07, 6.45) is -5.32. The Morgan fingerprint density at radius 1 is 1.03 bits per heavy atom. The number of carboxylic acids is 1. The number of nitrogens with zero attached hydrogens (tertiary/aromatic N) is 1. The van der Waals surface area contributed by atoms with E-state index in [0.29, 0.717) is 24.2 Å². The van der Waals surface area contributed by atoms with Crippen molar-refractivity contribution in [1.82, 2.24) is 0 Å². The number of ether oxygens (including phenoxy) is 2. The Morgan fingerprint density at radius 2 is 1.62 bits per heavy atom. The van der Waals surface area contributed by atoms with Crippen molar-refractivity contribution in [3.8, 4) is 5.75 Å². The van der Waals surface area contributed by atoms with Crippen LogP contribution >= 0.6 is 0 Å². The number of carbonyl (C=O) groups is 2. The zero-order chi connectivity index (χ0) is 29.3. The van der Waals surface area contributed by atoms with Gasteiger partial charge in [-0.25, -0.2) is 4.39 Å². The lowest BCUT2D eigenvalue weighted by Gasteiger charge is -2.31. The molecule has 216 valence electrons. The van der Waals surface area contributed by atoms with Crippen molar-refractivity contribution < 1.29 is 41.7 Å². The molecule has 0 bridgehead atoms. The van der Waals surface area contributed by atoms with Gasteiger partial charge in [0.05, 0.1) is 30.8 Å². The maximum Gasteiger partial charge on any atom is 0.573 e. The van der Waals surface area contributed by atoms with Crippen molar-refractivity contribution in [3.63, 3.8) is 0 Å². The SMILES string of the molecule is COCC(CC(=O)O)c1cc(F)c(N(CC(C)C)CC(C)C)c(NC(=O)Cc2ccc(OC(F)(F)F)cc2)c1. The van der Waals surface area contributed by atoms with Gasteiger partial charge in [-0.2, -0.15) is 0 Å².